The van der Waals surface area contributed by atoms with E-state index >= 15 is 0 Å². The fraction of sp³-hybridized carbons (Fsp3) is 0.375. The van der Waals surface area contributed by atoms with Crippen molar-refractivity contribution < 1.29 is 18.8 Å². The summed E-state index contributed by atoms with van der Waals surface area (Å²) in [7, 11) is 0. The Labute approximate surface area is 132 Å². The van der Waals surface area contributed by atoms with Crippen molar-refractivity contribution in [1.29, 1.82) is 0 Å². The number of aromatic nitrogens is 1. The molecule has 1 aromatic heterocycles. The first kappa shape index (κ1) is 13.9. The highest BCUT2D eigenvalue weighted by Gasteiger charge is 2.46. The summed E-state index contributed by atoms with van der Waals surface area (Å²) >= 11 is 0. The molecule has 0 atom stereocenters. The molecular formula is C16H17N3O4. The summed E-state index contributed by atoms with van der Waals surface area (Å²) in [5.74, 6) is 2.53. The summed E-state index contributed by atoms with van der Waals surface area (Å²) in [6.45, 7) is 2.88. The molecule has 2 aliphatic rings. The largest absolute Gasteiger partial charge is 0.486 e. The number of urea groups is 1. The molecule has 2 aromatic rings. The molecule has 120 valence electrons. The molecule has 1 saturated carbocycles. The van der Waals surface area contributed by atoms with E-state index in [0.29, 0.717) is 24.8 Å². The predicted octanol–water partition coefficient (Wildman–Crippen LogP) is 2.57. The van der Waals surface area contributed by atoms with Crippen LogP contribution >= 0.6 is 0 Å². The van der Waals surface area contributed by atoms with Gasteiger partial charge in [0.05, 0.1) is 5.54 Å². The summed E-state index contributed by atoms with van der Waals surface area (Å²) in [4.78, 5) is 12.2. The topological polar surface area (TPSA) is 85.6 Å². The number of carbonyl (C=O) groups excluding carboxylic acids is 1. The molecule has 1 fully saturated rings. The van der Waals surface area contributed by atoms with Crippen molar-refractivity contribution in [3.8, 4) is 11.5 Å². The molecule has 0 unspecified atom stereocenters. The van der Waals surface area contributed by atoms with Crippen LogP contribution in [-0.2, 0) is 5.54 Å². The maximum atomic E-state index is 12.2. The molecule has 1 aliphatic heterocycles. The number of rotatable bonds is 3. The second-order valence-electron chi connectivity index (χ2n) is 5.84. The lowest BCUT2D eigenvalue weighted by Crippen LogP contribution is -2.38. The third-order valence-corrected chi connectivity index (χ3v) is 4.07. The van der Waals surface area contributed by atoms with E-state index in [4.69, 9.17) is 14.0 Å². The zero-order chi connectivity index (χ0) is 15.9. The van der Waals surface area contributed by atoms with Crippen LogP contribution in [0.15, 0.2) is 28.8 Å². The molecule has 7 nitrogen and oxygen atoms in total. The lowest BCUT2D eigenvalue weighted by molar-refractivity contribution is 0.171. The monoisotopic (exact) mass is 315 g/mol. The van der Waals surface area contributed by atoms with Gasteiger partial charge >= 0.3 is 6.03 Å². The Morgan fingerprint density at radius 3 is 2.65 bits per heavy atom. The number of carbonyl (C=O) groups is 1. The molecule has 0 saturated heterocycles. The van der Waals surface area contributed by atoms with Crippen molar-refractivity contribution in [2.45, 2.75) is 25.3 Å². The fourth-order valence-electron chi connectivity index (χ4n) is 2.74. The zero-order valence-electron chi connectivity index (χ0n) is 12.7. The zero-order valence-corrected chi connectivity index (χ0v) is 12.7. The normalized spacial score (nSPS) is 17.4. The van der Waals surface area contributed by atoms with Crippen LogP contribution in [0.3, 0.4) is 0 Å². The van der Waals surface area contributed by atoms with Gasteiger partial charge in [-0.15, -0.1) is 0 Å². The molecule has 2 heterocycles. The van der Waals surface area contributed by atoms with Crippen LogP contribution in [0.4, 0.5) is 10.6 Å². The minimum Gasteiger partial charge on any atom is -0.486 e. The van der Waals surface area contributed by atoms with Gasteiger partial charge in [0, 0.05) is 6.07 Å². The maximum Gasteiger partial charge on any atom is 0.321 e. The van der Waals surface area contributed by atoms with Crippen molar-refractivity contribution in [3.05, 3.63) is 35.6 Å². The summed E-state index contributed by atoms with van der Waals surface area (Å²) in [6.07, 6.45) is 1.77. The van der Waals surface area contributed by atoms with Gasteiger partial charge < -0.3 is 19.3 Å². The molecule has 0 radical (unpaired) electrons. The minimum absolute atomic E-state index is 0.300. The van der Waals surface area contributed by atoms with Crippen molar-refractivity contribution in [1.82, 2.24) is 10.5 Å². The molecule has 1 aliphatic carbocycles. The summed E-state index contributed by atoms with van der Waals surface area (Å²) < 4.78 is 16.1. The van der Waals surface area contributed by atoms with Gasteiger partial charge in [-0.25, -0.2) is 4.79 Å². The highest BCUT2D eigenvalue weighted by molar-refractivity contribution is 5.89. The first-order chi connectivity index (χ1) is 11.1. The Kier molecular flexibility index (Phi) is 3.14. The third-order valence-electron chi connectivity index (χ3n) is 4.07. The number of nitrogens with one attached hydrogen (secondary N) is 2. The van der Waals surface area contributed by atoms with Crippen LogP contribution in [0.2, 0.25) is 0 Å². The Hall–Kier alpha value is -2.70. The smallest absolute Gasteiger partial charge is 0.321 e. The molecule has 2 amide bonds. The van der Waals surface area contributed by atoms with Crippen molar-refractivity contribution in [3.63, 3.8) is 0 Å². The van der Waals surface area contributed by atoms with Crippen LogP contribution in [0.1, 0.15) is 24.2 Å². The molecule has 4 rings (SSSR count). The van der Waals surface area contributed by atoms with Gasteiger partial charge in [-0.05, 0) is 37.5 Å². The second kappa shape index (κ2) is 5.19. The van der Waals surface area contributed by atoms with Crippen LogP contribution in [0, 0.1) is 6.92 Å². The first-order valence-electron chi connectivity index (χ1n) is 7.57. The summed E-state index contributed by atoms with van der Waals surface area (Å²) in [5.41, 5.74) is 0.673. The third kappa shape index (κ3) is 2.69. The van der Waals surface area contributed by atoms with Gasteiger partial charge in [-0.3, -0.25) is 5.32 Å². The highest BCUT2D eigenvalue weighted by atomic mass is 16.6. The van der Waals surface area contributed by atoms with E-state index in [-0.39, 0.29) is 11.6 Å². The van der Waals surface area contributed by atoms with E-state index in [1.807, 2.05) is 18.2 Å². The number of benzene rings is 1. The average molecular weight is 315 g/mol. The fourth-order valence-corrected chi connectivity index (χ4v) is 2.74. The predicted molar refractivity (Wildman–Crippen MR) is 81.7 cm³/mol. The molecule has 23 heavy (non-hydrogen) atoms. The molecule has 7 heteroatoms. The summed E-state index contributed by atoms with van der Waals surface area (Å²) in [5, 5.41) is 9.45. The summed E-state index contributed by atoms with van der Waals surface area (Å²) in [6, 6.07) is 7.18. The van der Waals surface area contributed by atoms with Gasteiger partial charge in [0.25, 0.3) is 0 Å². The molecule has 2 N–H and O–H groups in total. The quantitative estimate of drug-likeness (QED) is 0.909. The molecule has 0 bridgehead atoms. The van der Waals surface area contributed by atoms with E-state index in [0.717, 1.165) is 29.9 Å². The van der Waals surface area contributed by atoms with Crippen molar-refractivity contribution in [2.75, 3.05) is 18.5 Å². The lowest BCUT2D eigenvalue weighted by atomic mass is 10.0. The number of hydrogen-bond donors (Lipinski definition) is 2. The lowest BCUT2D eigenvalue weighted by Gasteiger charge is -2.22. The number of ether oxygens (including phenoxy) is 2. The van der Waals surface area contributed by atoms with E-state index < -0.39 is 0 Å². The Morgan fingerprint density at radius 2 is 1.96 bits per heavy atom. The first-order valence-corrected chi connectivity index (χ1v) is 7.57. The van der Waals surface area contributed by atoms with Crippen LogP contribution < -0.4 is 20.1 Å². The number of anilines is 1. The SMILES string of the molecule is Cc1cc(NC(=O)NC2(c3ccc4c(c3)OCCO4)CC2)no1. The number of nitrogens with zero attached hydrogens (tertiary/aromatic N) is 1. The number of fused-ring (bicyclic) bond motifs is 1. The van der Waals surface area contributed by atoms with Gasteiger partial charge in [0.1, 0.15) is 19.0 Å². The van der Waals surface area contributed by atoms with Gasteiger partial charge in [-0.1, -0.05) is 11.2 Å². The average Bonchev–Trinajstić information content (AvgIpc) is 3.22. The van der Waals surface area contributed by atoms with Gasteiger partial charge in [0.15, 0.2) is 17.3 Å². The minimum atomic E-state index is -0.349. The van der Waals surface area contributed by atoms with Crippen molar-refractivity contribution in [2.24, 2.45) is 0 Å². The van der Waals surface area contributed by atoms with Crippen LogP contribution in [0.5, 0.6) is 11.5 Å². The van der Waals surface area contributed by atoms with E-state index in [9.17, 15) is 4.79 Å². The number of hydrogen-bond acceptors (Lipinski definition) is 5. The van der Waals surface area contributed by atoms with Gasteiger partial charge in [0.2, 0.25) is 0 Å². The van der Waals surface area contributed by atoms with Crippen LogP contribution in [0.25, 0.3) is 0 Å². The second-order valence-corrected chi connectivity index (χ2v) is 5.84. The van der Waals surface area contributed by atoms with Crippen molar-refractivity contribution >= 4 is 11.8 Å². The maximum absolute atomic E-state index is 12.2. The number of aryl methyl sites for hydroxylation is 1. The molecule has 1 aromatic carbocycles. The Bertz CT molecular complexity index is 752. The van der Waals surface area contributed by atoms with E-state index in [2.05, 4.69) is 15.8 Å². The van der Waals surface area contributed by atoms with E-state index in [1.54, 1.807) is 13.0 Å². The van der Waals surface area contributed by atoms with Crippen LogP contribution in [-0.4, -0.2) is 24.4 Å². The standard InChI is InChI=1S/C16H17N3O4/c1-10-8-14(19-23-10)17-15(20)18-16(4-5-16)11-2-3-12-13(9-11)22-7-6-21-12/h2-3,8-9H,4-7H2,1H3,(H2,17,18,19,20). The highest BCUT2D eigenvalue weighted by Crippen LogP contribution is 2.47. The van der Waals surface area contributed by atoms with E-state index in [1.165, 1.54) is 0 Å². The Morgan fingerprint density at radius 1 is 1.17 bits per heavy atom. The molecule has 0 spiro atoms. The Balaban J connectivity index is 1.48. The number of amides is 2. The molecular weight excluding hydrogens is 298 g/mol. The van der Waals surface area contributed by atoms with Gasteiger partial charge in [-0.2, -0.15) is 0 Å².